The van der Waals surface area contributed by atoms with Gasteiger partial charge in [0.1, 0.15) is 22.8 Å². The molecule has 2 aromatic carbocycles. The highest BCUT2D eigenvalue weighted by Gasteiger charge is 2.27. The van der Waals surface area contributed by atoms with Crippen molar-refractivity contribution in [2.75, 3.05) is 0 Å². The number of hydrogen-bond donors (Lipinski definition) is 2. The van der Waals surface area contributed by atoms with Gasteiger partial charge in [-0.2, -0.15) is 0 Å². The van der Waals surface area contributed by atoms with Gasteiger partial charge in [0.05, 0.1) is 11.1 Å². The molecule has 4 nitrogen and oxygen atoms in total. The first-order valence-corrected chi connectivity index (χ1v) is 7.61. The minimum atomic E-state index is -0.545. The molecule has 0 fully saturated rings. The van der Waals surface area contributed by atoms with Gasteiger partial charge in [-0.1, -0.05) is 18.2 Å². The van der Waals surface area contributed by atoms with E-state index in [2.05, 4.69) is 0 Å². The van der Waals surface area contributed by atoms with Gasteiger partial charge in [-0.25, -0.2) is 0 Å². The first-order chi connectivity index (χ1) is 11.4. The Balaban J connectivity index is 1.94. The lowest BCUT2D eigenvalue weighted by Gasteiger charge is -2.29. The molecule has 0 saturated carbocycles. The van der Waals surface area contributed by atoms with E-state index in [1.807, 2.05) is 19.9 Å². The maximum absolute atomic E-state index is 12.6. The maximum Gasteiger partial charge on any atom is 0.189 e. The molecule has 2 aromatic rings. The van der Waals surface area contributed by atoms with Gasteiger partial charge in [-0.3, -0.25) is 4.79 Å². The Morgan fingerprint density at radius 1 is 1.08 bits per heavy atom. The van der Waals surface area contributed by atoms with Gasteiger partial charge in [-0.05, 0) is 61.9 Å². The molecule has 0 bridgehead atoms. The van der Waals surface area contributed by atoms with E-state index in [1.54, 1.807) is 42.5 Å². The minimum Gasteiger partial charge on any atom is -0.508 e. The molecule has 122 valence electrons. The van der Waals surface area contributed by atoms with Crippen molar-refractivity contribution in [1.82, 2.24) is 0 Å². The van der Waals surface area contributed by atoms with Crippen LogP contribution < -0.4 is 4.74 Å². The molecule has 4 heteroatoms. The van der Waals surface area contributed by atoms with Gasteiger partial charge in [0, 0.05) is 0 Å². The second kappa shape index (κ2) is 5.89. The van der Waals surface area contributed by atoms with Crippen LogP contribution in [-0.2, 0) is 0 Å². The summed E-state index contributed by atoms with van der Waals surface area (Å²) in [5.74, 6) is 0.428. The largest absolute Gasteiger partial charge is 0.508 e. The molecule has 1 aliphatic rings. The number of ketones is 1. The lowest BCUT2D eigenvalue weighted by atomic mass is 9.97. The Morgan fingerprint density at radius 2 is 1.79 bits per heavy atom. The van der Waals surface area contributed by atoms with E-state index in [-0.39, 0.29) is 17.3 Å². The number of aromatic hydroxyl groups is 2. The van der Waals surface area contributed by atoms with E-state index >= 15 is 0 Å². The number of fused-ring (bicyclic) bond motifs is 1. The van der Waals surface area contributed by atoms with Crippen LogP contribution in [0.5, 0.6) is 17.2 Å². The molecule has 0 saturated heterocycles. The van der Waals surface area contributed by atoms with E-state index in [9.17, 15) is 15.0 Å². The number of phenolic OH excluding ortho intramolecular Hbond substituents is 2. The molecule has 0 unspecified atom stereocenters. The highest BCUT2D eigenvalue weighted by Crippen LogP contribution is 2.39. The highest BCUT2D eigenvalue weighted by atomic mass is 16.5. The van der Waals surface area contributed by atoms with Crippen molar-refractivity contribution in [2.24, 2.45) is 0 Å². The molecule has 0 aromatic heterocycles. The third-order valence-corrected chi connectivity index (χ3v) is 3.78. The van der Waals surface area contributed by atoms with Gasteiger partial charge >= 0.3 is 0 Å². The van der Waals surface area contributed by atoms with Gasteiger partial charge in [0.25, 0.3) is 0 Å². The lowest BCUT2D eigenvalue weighted by Crippen LogP contribution is -2.28. The molecule has 0 radical (unpaired) electrons. The standard InChI is InChI=1S/C20H18O4/c1-20(2)12-11-16-18(23)10-8-15(19(16)24-20)17(22)9-5-13-3-6-14(21)7-4-13/h3-12,21,23H,1-2H3/b9-5+. The summed E-state index contributed by atoms with van der Waals surface area (Å²) in [6, 6.07) is 9.60. The zero-order valence-electron chi connectivity index (χ0n) is 13.5. The molecule has 1 heterocycles. The van der Waals surface area contributed by atoms with Crippen LogP contribution in [0.4, 0.5) is 0 Å². The maximum atomic E-state index is 12.6. The number of carbonyl (C=O) groups excluding carboxylic acids is 1. The zero-order valence-corrected chi connectivity index (χ0v) is 13.5. The van der Waals surface area contributed by atoms with Crippen LogP contribution >= 0.6 is 0 Å². The molecule has 0 spiro atoms. The van der Waals surface area contributed by atoms with Gasteiger partial charge in [0.15, 0.2) is 5.78 Å². The number of rotatable bonds is 3. The van der Waals surface area contributed by atoms with Crippen LogP contribution in [-0.4, -0.2) is 21.6 Å². The first kappa shape index (κ1) is 15.9. The van der Waals surface area contributed by atoms with E-state index < -0.39 is 5.60 Å². The van der Waals surface area contributed by atoms with E-state index in [4.69, 9.17) is 4.74 Å². The van der Waals surface area contributed by atoms with Crippen LogP contribution in [0, 0.1) is 0 Å². The molecule has 0 amide bonds. The van der Waals surface area contributed by atoms with Crippen molar-refractivity contribution < 1.29 is 19.7 Å². The van der Waals surface area contributed by atoms with Crippen molar-refractivity contribution >= 4 is 17.9 Å². The lowest BCUT2D eigenvalue weighted by molar-refractivity contribution is 0.103. The molecular formula is C20H18O4. The topological polar surface area (TPSA) is 66.8 Å². The minimum absolute atomic E-state index is 0.0795. The van der Waals surface area contributed by atoms with Crippen molar-refractivity contribution in [1.29, 1.82) is 0 Å². The summed E-state index contributed by atoms with van der Waals surface area (Å²) in [7, 11) is 0. The van der Waals surface area contributed by atoms with Crippen LogP contribution in [0.15, 0.2) is 48.6 Å². The monoisotopic (exact) mass is 322 g/mol. The number of allylic oxidation sites excluding steroid dienone is 1. The van der Waals surface area contributed by atoms with Crippen molar-refractivity contribution in [2.45, 2.75) is 19.4 Å². The van der Waals surface area contributed by atoms with Crippen LogP contribution in [0.25, 0.3) is 12.2 Å². The summed E-state index contributed by atoms with van der Waals surface area (Å²) in [5.41, 5.74) is 1.17. The number of hydrogen-bond acceptors (Lipinski definition) is 4. The number of benzene rings is 2. The Bertz CT molecular complexity index is 843. The number of ether oxygens (including phenoxy) is 1. The van der Waals surface area contributed by atoms with Crippen molar-refractivity contribution in [3.05, 3.63) is 65.2 Å². The second-order valence-electron chi connectivity index (χ2n) is 6.20. The van der Waals surface area contributed by atoms with Crippen LogP contribution in [0.1, 0.15) is 35.3 Å². The molecule has 0 aliphatic carbocycles. The summed E-state index contributed by atoms with van der Waals surface area (Å²) >= 11 is 0. The van der Waals surface area contributed by atoms with Crippen LogP contribution in [0.3, 0.4) is 0 Å². The SMILES string of the molecule is CC1(C)C=Cc2c(O)ccc(C(=O)/C=C/c3ccc(O)cc3)c2O1. The Labute approximate surface area is 140 Å². The summed E-state index contributed by atoms with van der Waals surface area (Å²) < 4.78 is 5.89. The predicted molar refractivity (Wildman–Crippen MR) is 93.3 cm³/mol. The molecule has 24 heavy (non-hydrogen) atoms. The van der Waals surface area contributed by atoms with Gasteiger partial charge < -0.3 is 14.9 Å². The van der Waals surface area contributed by atoms with Gasteiger partial charge in [0.2, 0.25) is 0 Å². The van der Waals surface area contributed by atoms with E-state index in [0.717, 1.165) is 5.56 Å². The summed E-state index contributed by atoms with van der Waals surface area (Å²) in [5, 5.41) is 19.3. The number of phenols is 2. The van der Waals surface area contributed by atoms with Crippen molar-refractivity contribution in [3.63, 3.8) is 0 Å². The van der Waals surface area contributed by atoms with Gasteiger partial charge in [-0.15, -0.1) is 0 Å². The fraction of sp³-hybridized carbons (Fsp3) is 0.150. The highest BCUT2D eigenvalue weighted by molar-refractivity contribution is 6.09. The Kier molecular flexibility index (Phi) is 3.89. The van der Waals surface area contributed by atoms with Crippen molar-refractivity contribution in [3.8, 4) is 17.2 Å². The summed E-state index contributed by atoms with van der Waals surface area (Å²) in [4.78, 5) is 12.6. The summed E-state index contributed by atoms with van der Waals surface area (Å²) in [6.45, 7) is 3.77. The van der Waals surface area contributed by atoms with E-state index in [0.29, 0.717) is 16.9 Å². The quantitative estimate of drug-likeness (QED) is 0.657. The third-order valence-electron chi connectivity index (χ3n) is 3.78. The molecule has 1 aliphatic heterocycles. The molecule has 3 rings (SSSR count). The zero-order chi connectivity index (χ0) is 17.3. The first-order valence-electron chi connectivity index (χ1n) is 7.61. The third kappa shape index (κ3) is 3.18. The fourth-order valence-corrected chi connectivity index (χ4v) is 2.48. The average molecular weight is 322 g/mol. The smallest absolute Gasteiger partial charge is 0.189 e. The van der Waals surface area contributed by atoms with E-state index in [1.165, 1.54) is 12.1 Å². The second-order valence-corrected chi connectivity index (χ2v) is 6.20. The molecule has 0 atom stereocenters. The normalized spacial score (nSPS) is 15.1. The average Bonchev–Trinajstić information content (AvgIpc) is 2.53. The summed E-state index contributed by atoms with van der Waals surface area (Å²) in [6.07, 6.45) is 6.74. The molecular weight excluding hydrogens is 304 g/mol. The fourth-order valence-electron chi connectivity index (χ4n) is 2.48. The van der Waals surface area contributed by atoms with Crippen LogP contribution in [0.2, 0.25) is 0 Å². The Hall–Kier alpha value is -3.01. The predicted octanol–water partition coefficient (Wildman–Crippen LogP) is 4.18. The Morgan fingerprint density at radius 3 is 2.50 bits per heavy atom. The molecule has 2 N–H and O–H groups in total. The number of carbonyl (C=O) groups is 1.